The van der Waals surface area contributed by atoms with Gasteiger partial charge >= 0.3 is 6.09 Å². The van der Waals surface area contributed by atoms with Gasteiger partial charge in [-0.2, -0.15) is 0 Å². The number of carbonyl (C=O) groups excluding carboxylic acids is 1. The van der Waals surface area contributed by atoms with Gasteiger partial charge in [0, 0.05) is 18.2 Å². The predicted molar refractivity (Wildman–Crippen MR) is 103 cm³/mol. The molecule has 0 saturated carbocycles. The van der Waals surface area contributed by atoms with Crippen molar-refractivity contribution in [3.05, 3.63) is 89.5 Å². The quantitative estimate of drug-likeness (QED) is 0.732. The Hall–Kier alpha value is -3.11. The van der Waals surface area contributed by atoms with E-state index in [1.807, 2.05) is 48.5 Å². The van der Waals surface area contributed by atoms with Gasteiger partial charge in [-0.3, -0.25) is 5.32 Å². The van der Waals surface area contributed by atoms with Crippen LogP contribution in [-0.4, -0.2) is 12.7 Å². The van der Waals surface area contributed by atoms with E-state index in [0.717, 1.165) is 5.56 Å². The van der Waals surface area contributed by atoms with E-state index in [9.17, 15) is 4.79 Å². The monoisotopic (exact) mass is 344 g/mol. The van der Waals surface area contributed by atoms with Gasteiger partial charge in [-0.1, -0.05) is 60.7 Å². The van der Waals surface area contributed by atoms with Crippen molar-refractivity contribution < 1.29 is 9.53 Å². The molecule has 0 heterocycles. The molecule has 26 heavy (non-hydrogen) atoms. The third-order valence-corrected chi connectivity index (χ3v) is 4.78. The standard InChI is InChI=1S/C22H20N2O2/c23-13-15-9-11-16(12-10-15)24-22(25)26-14-21-19-7-3-1-5-17(19)18-6-2-4-8-20(18)21/h1-12,21H,13-14,23H2,(H,24,25). The van der Waals surface area contributed by atoms with Crippen molar-refractivity contribution in [2.24, 2.45) is 5.73 Å². The fourth-order valence-electron chi connectivity index (χ4n) is 3.48. The van der Waals surface area contributed by atoms with Gasteiger partial charge < -0.3 is 10.5 Å². The molecule has 0 radical (unpaired) electrons. The first-order valence-corrected chi connectivity index (χ1v) is 8.67. The Balaban J connectivity index is 1.46. The maximum Gasteiger partial charge on any atom is 0.411 e. The van der Waals surface area contributed by atoms with Gasteiger partial charge in [0.25, 0.3) is 0 Å². The number of anilines is 1. The van der Waals surface area contributed by atoms with Gasteiger partial charge in [0.15, 0.2) is 0 Å². The third-order valence-electron chi connectivity index (χ3n) is 4.78. The maximum absolute atomic E-state index is 12.2. The molecule has 1 aliphatic carbocycles. The Morgan fingerprint density at radius 2 is 1.46 bits per heavy atom. The fourth-order valence-corrected chi connectivity index (χ4v) is 3.48. The van der Waals surface area contributed by atoms with Gasteiger partial charge in [0.1, 0.15) is 6.61 Å². The number of ether oxygens (including phenoxy) is 1. The molecule has 1 amide bonds. The highest BCUT2D eigenvalue weighted by molar-refractivity contribution is 5.85. The molecular weight excluding hydrogens is 324 g/mol. The highest BCUT2D eigenvalue weighted by Gasteiger charge is 2.28. The first-order chi connectivity index (χ1) is 12.8. The molecule has 4 rings (SSSR count). The highest BCUT2D eigenvalue weighted by Crippen LogP contribution is 2.44. The Bertz CT molecular complexity index is 889. The fraction of sp³-hybridized carbons (Fsp3) is 0.136. The summed E-state index contributed by atoms with van der Waals surface area (Å²) in [4.78, 5) is 12.2. The van der Waals surface area contributed by atoms with Crippen LogP contribution in [0, 0.1) is 0 Å². The van der Waals surface area contributed by atoms with Crippen molar-refractivity contribution in [3.8, 4) is 11.1 Å². The minimum absolute atomic E-state index is 0.0627. The van der Waals surface area contributed by atoms with Crippen molar-refractivity contribution in [1.29, 1.82) is 0 Å². The Morgan fingerprint density at radius 1 is 0.885 bits per heavy atom. The molecule has 3 N–H and O–H groups in total. The first-order valence-electron chi connectivity index (χ1n) is 8.67. The Kier molecular flexibility index (Phi) is 4.42. The van der Waals surface area contributed by atoms with E-state index < -0.39 is 6.09 Å². The number of carbonyl (C=O) groups is 1. The predicted octanol–water partition coefficient (Wildman–Crippen LogP) is 4.51. The molecule has 0 unspecified atom stereocenters. The maximum atomic E-state index is 12.2. The van der Waals surface area contributed by atoms with E-state index >= 15 is 0 Å². The lowest BCUT2D eigenvalue weighted by atomic mass is 9.98. The van der Waals surface area contributed by atoms with Crippen LogP contribution in [0.3, 0.4) is 0 Å². The van der Waals surface area contributed by atoms with E-state index in [1.165, 1.54) is 22.3 Å². The number of fused-ring (bicyclic) bond motifs is 3. The summed E-state index contributed by atoms with van der Waals surface area (Å²) in [7, 11) is 0. The van der Waals surface area contributed by atoms with Crippen LogP contribution in [-0.2, 0) is 11.3 Å². The minimum Gasteiger partial charge on any atom is -0.448 e. The van der Waals surface area contributed by atoms with E-state index in [1.54, 1.807) is 0 Å². The molecule has 4 heteroatoms. The summed E-state index contributed by atoms with van der Waals surface area (Å²) < 4.78 is 5.53. The molecule has 0 spiro atoms. The largest absolute Gasteiger partial charge is 0.448 e. The third kappa shape index (κ3) is 3.07. The smallest absolute Gasteiger partial charge is 0.411 e. The summed E-state index contributed by atoms with van der Waals surface area (Å²) in [5.41, 5.74) is 12.1. The summed E-state index contributed by atoms with van der Waals surface area (Å²) in [5, 5.41) is 2.76. The SMILES string of the molecule is NCc1ccc(NC(=O)OCC2c3ccccc3-c3ccccc32)cc1. The van der Waals surface area contributed by atoms with E-state index in [2.05, 4.69) is 29.6 Å². The summed E-state index contributed by atoms with van der Waals surface area (Å²) in [6.45, 7) is 0.784. The molecule has 0 atom stereocenters. The zero-order chi connectivity index (χ0) is 17.9. The average molecular weight is 344 g/mol. The van der Waals surface area contributed by atoms with Crippen LogP contribution in [0.15, 0.2) is 72.8 Å². The summed E-state index contributed by atoms with van der Waals surface area (Å²) in [6, 6.07) is 24.0. The van der Waals surface area contributed by atoms with Crippen molar-refractivity contribution in [2.45, 2.75) is 12.5 Å². The second-order valence-corrected chi connectivity index (χ2v) is 6.35. The molecule has 0 aliphatic heterocycles. The van der Waals surface area contributed by atoms with Gasteiger partial charge in [0.2, 0.25) is 0 Å². The van der Waals surface area contributed by atoms with Gasteiger partial charge in [-0.15, -0.1) is 0 Å². The molecule has 0 fully saturated rings. The molecule has 130 valence electrons. The topological polar surface area (TPSA) is 64.3 Å². The highest BCUT2D eigenvalue weighted by atomic mass is 16.5. The number of nitrogens with one attached hydrogen (secondary N) is 1. The number of amides is 1. The van der Waals surface area contributed by atoms with Crippen LogP contribution in [0.1, 0.15) is 22.6 Å². The molecule has 1 aliphatic rings. The zero-order valence-electron chi connectivity index (χ0n) is 14.3. The zero-order valence-corrected chi connectivity index (χ0v) is 14.3. The lowest BCUT2D eigenvalue weighted by molar-refractivity contribution is 0.158. The van der Waals surface area contributed by atoms with Crippen molar-refractivity contribution in [2.75, 3.05) is 11.9 Å². The van der Waals surface area contributed by atoms with Crippen molar-refractivity contribution >= 4 is 11.8 Å². The molecule has 4 nitrogen and oxygen atoms in total. The summed E-state index contributed by atoms with van der Waals surface area (Å²) in [5.74, 6) is 0.0627. The van der Waals surface area contributed by atoms with Crippen LogP contribution in [0.4, 0.5) is 10.5 Å². The summed E-state index contributed by atoms with van der Waals surface area (Å²) >= 11 is 0. The molecule has 0 bridgehead atoms. The number of nitrogens with two attached hydrogens (primary N) is 1. The van der Waals surface area contributed by atoms with Crippen LogP contribution in [0.5, 0.6) is 0 Å². The molecule has 0 saturated heterocycles. The van der Waals surface area contributed by atoms with Gasteiger partial charge in [-0.05, 0) is 39.9 Å². The van der Waals surface area contributed by atoms with Crippen LogP contribution >= 0.6 is 0 Å². The van der Waals surface area contributed by atoms with E-state index in [0.29, 0.717) is 18.8 Å². The average Bonchev–Trinajstić information content (AvgIpc) is 3.01. The number of benzene rings is 3. The lowest BCUT2D eigenvalue weighted by Gasteiger charge is -2.14. The number of rotatable bonds is 4. The van der Waals surface area contributed by atoms with Crippen LogP contribution in [0.25, 0.3) is 11.1 Å². The molecular formula is C22H20N2O2. The van der Waals surface area contributed by atoms with Gasteiger partial charge in [-0.25, -0.2) is 4.79 Å². The molecule has 0 aromatic heterocycles. The van der Waals surface area contributed by atoms with Crippen molar-refractivity contribution in [1.82, 2.24) is 0 Å². The lowest BCUT2D eigenvalue weighted by Crippen LogP contribution is -2.17. The second-order valence-electron chi connectivity index (χ2n) is 6.35. The molecule has 3 aromatic carbocycles. The van der Waals surface area contributed by atoms with E-state index in [-0.39, 0.29) is 5.92 Å². The Morgan fingerprint density at radius 3 is 2.04 bits per heavy atom. The number of hydrogen-bond donors (Lipinski definition) is 2. The van der Waals surface area contributed by atoms with Gasteiger partial charge in [0.05, 0.1) is 0 Å². The first kappa shape index (κ1) is 16.4. The molecule has 3 aromatic rings. The summed E-state index contributed by atoms with van der Waals surface area (Å²) in [6.07, 6.45) is -0.452. The van der Waals surface area contributed by atoms with Crippen LogP contribution < -0.4 is 11.1 Å². The second kappa shape index (κ2) is 7.02. The van der Waals surface area contributed by atoms with E-state index in [4.69, 9.17) is 10.5 Å². The minimum atomic E-state index is -0.452. The normalized spacial score (nSPS) is 12.3. The van der Waals surface area contributed by atoms with Crippen LogP contribution in [0.2, 0.25) is 0 Å². The van der Waals surface area contributed by atoms with Crippen molar-refractivity contribution in [3.63, 3.8) is 0 Å². The number of hydrogen-bond acceptors (Lipinski definition) is 3. The Labute approximate surface area is 152 Å².